The van der Waals surface area contributed by atoms with Crippen LogP contribution in [0.15, 0.2) is 0 Å². The van der Waals surface area contributed by atoms with E-state index in [0.29, 0.717) is 30.5 Å². The van der Waals surface area contributed by atoms with E-state index >= 15 is 0 Å². The van der Waals surface area contributed by atoms with Crippen LogP contribution in [0.5, 0.6) is 6.01 Å². The Hall–Kier alpha value is -1.59. The highest BCUT2D eigenvalue weighted by Gasteiger charge is 2.26. The molecular formula is C15H27N5O. The van der Waals surface area contributed by atoms with Crippen LogP contribution in [0.2, 0.25) is 0 Å². The van der Waals surface area contributed by atoms with Gasteiger partial charge in [-0.15, -0.1) is 0 Å². The lowest BCUT2D eigenvalue weighted by atomic mass is 9.95. The summed E-state index contributed by atoms with van der Waals surface area (Å²) >= 11 is 0. The monoisotopic (exact) mass is 293 g/mol. The molecule has 0 amide bonds. The Morgan fingerprint density at radius 2 is 2.00 bits per heavy atom. The average Bonchev–Trinajstić information content (AvgIpc) is 2.48. The fourth-order valence-electron chi connectivity index (χ4n) is 2.54. The maximum Gasteiger partial charge on any atom is 0.323 e. The topological polar surface area (TPSA) is 63.2 Å². The number of ether oxygens (including phenoxy) is 1. The van der Waals surface area contributed by atoms with Gasteiger partial charge in [0, 0.05) is 19.1 Å². The predicted octanol–water partition coefficient (Wildman–Crippen LogP) is 2.72. The SMILES string of the molecule is CCCOc1nc(NCC)nc(N2CC(C)CCC2C)n1. The standard InChI is InChI=1S/C15H27N5O/c1-5-9-21-15-18-13(16-6-2)17-14(19-15)20-10-11(3)7-8-12(20)4/h11-12H,5-10H2,1-4H3,(H,16,17,18,19). The number of piperidine rings is 1. The Morgan fingerprint density at radius 3 is 2.71 bits per heavy atom. The fourth-order valence-corrected chi connectivity index (χ4v) is 2.54. The van der Waals surface area contributed by atoms with Crippen molar-refractivity contribution in [3.05, 3.63) is 0 Å². The van der Waals surface area contributed by atoms with E-state index in [1.807, 2.05) is 6.92 Å². The van der Waals surface area contributed by atoms with Crippen molar-refractivity contribution in [3.63, 3.8) is 0 Å². The molecule has 1 fully saturated rings. The minimum Gasteiger partial charge on any atom is -0.463 e. The van der Waals surface area contributed by atoms with Crippen molar-refractivity contribution in [1.29, 1.82) is 0 Å². The first-order chi connectivity index (χ1) is 10.1. The highest BCUT2D eigenvalue weighted by molar-refractivity contribution is 5.39. The Kier molecular flexibility index (Phi) is 5.59. The molecule has 6 nitrogen and oxygen atoms in total. The lowest BCUT2D eigenvalue weighted by Crippen LogP contribution is -2.42. The molecule has 1 N–H and O–H groups in total. The van der Waals surface area contributed by atoms with Gasteiger partial charge in [-0.25, -0.2) is 0 Å². The molecule has 2 heterocycles. The first-order valence-corrected chi connectivity index (χ1v) is 8.03. The van der Waals surface area contributed by atoms with Crippen LogP contribution in [0.3, 0.4) is 0 Å². The largest absolute Gasteiger partial charge is 0.463 e. The Labute approximate surface area is 127 Å². The summed E-state index contributed by atoms with van der Waals surface area (Å²) in [4.78, 5) is 15.6. The van der Waals surface area contributed by atoms with Crippen LogP contribution in [0, 0.1) is 5.92 Å². The van der Waals surface area contributed by atoms with Crippen LogP contribution in [-0.2, 0) is 0 Å². The maximum absolute atomic E-state index is 5.61. The number of hydrogen-bond acceptors (Lipinski definition) is 6. The van der Waals surface area contributed by atoms with Gasteiger partial charge < -0.3 is 15.0 Å². The van der Waals surface area contributed by atoms with Crippen LogP contribution < -0.4 is 15.0 Å². The summed E-state index contributed by atoms with van der Waals surface area (Å²) in [7, 11) is 0. The zero-order valence-electron chi connectivity index (χ0n) is 13.6. The third-order valence-electron chi connectivity index (χ3n) is 3.75. The maximum atomic E-state index is 5.61. The molecular weight excluding hydrogens is 266 g/mol. The first-order valence-electron chi connectivity index (χ1n) is 8.03. The van der Waals surface area contributed by atoms with Gasteiger partial charge in [-0.1, -0.05) is 13.8 Å². The number of hydrogen-bond donors (Lipinski definition) is 1. The van der Waals surface area contributed by atoms with Crippen molar-refractivity contribution in [2.24, 2.45) is 5.92 Å². The molecule has 118 valence electrons. The summed E-state index contributed by atoms with van der Waals surface area (Å²) in [6, 6.07) is 0.875. The molecule has 1 aliphatic heterocycles. The molecule has 0 bridgehead atoms. The van der Waals surface area contributed by atoms with E-state index in [1.54, 1.807) is 0 Å². The van der Waals surface area contributed by atoms with Gasteiger partial charge in [0.15, 0.2) is 0 Å². The van der Waals surface area contributed by atoms with E-state index in [2.05, 4.69) is 45.9 Å². The highest BCUT2D eigenvalue weighted by Crippen LogP contribution is 2.26. The zero-order valence-corrected chi connectivity index (χ0v) is 13.6. The van der Waals surface area contributed by atoms with Gasteiger partial charge >= 0.3 is 6.01 Å². The van der Waals surface area contributed by atoms with Crippen molar-refractivity contribution in [1.82, 2.24) is 15.0 Å². The molecule has 21 heavy (non-hydrogen) atoms. The minimum atomic E-state index is 0.420. The van der Waals surface area contributed by atoms with Crippen LogP contribution in [0.1, 0.15) is 47.0 Å². The zero-order chi connectivity index (χ0) is 15.2. The van der Waals surface area contributed by atoms with Crippen molar-refractivity contribution < 1.29 is 4.74 Å². The van der Waals surface area contributed by atoms with Crippen LogP contribution in [-0.4, -0.2) is 40.7 Å². The number of nitrogens with zero attached hydrogens (tertiary/aromatic N) is 4. The Bertz CT molecular complexity index is 454. The normalized spacial score (nSPS) is 22.2. The Balaban J connectivity index is 2.25. The second-order valence-electron chi connectivity index (χ2n) is 5.80. The molecule has 2 rings (SSSR count). The second kappa shape index (κ2) is 7.43. The summed E-state index contributed by atoms with van der Waals surface area (Å²) in [6.07, 6.45) is 3.38. The predicted molar refractivity (Wildman–Crippen MR) is 85.0 cm³/mol. The number of anilines is 2. The molecule has 2 atom stereocenters. The van der Waals surface area contributed by atoms with Crippen molar-refractivity contribution in [2.45, 2.75) is 53.0 Å². The molecule has 1 aromatic rings. The van der Waals surface area contributed by atoms with Gasteiger partial charge in [-0.2, -0.15) is 15.0 Å². The molecule has 2 unspecified atom stereocenters. The van der Waals surface area contributed by atoms with E-state index in [1.165, 1.54) is 12.8 Å². The first kappa shape index (κ1) is 15.8. The minimum absolute atomic E-state index is 0.420. The van der Waals surface area contributed by atoms with Gasteiger partial charge in [-0.3, -0.25) is 0 Å². The van der Waals surface area contributed by atoms with E-state index in [4.69, 9.17) is 4.74 Å². The van der Waals surface area contributed by atoms with Gasteiger partial charge in [0.05, 0.1) is 6.61 Å². The summed E-state index contributed by atoms with van der Waals surface area (Å²) in [5, 5.41) is 3.16. The molecule has 1 saturated heterocycles. The van der Waals surface area contributed by atoms with E-state index < -0.39 is 0 Å². The van der Waals surface area contributed by atoms with Crippen molar-refractivity contribution >= 4 is 11.9 Å². The molecule has 6 heteroatoms. The van der Waals surface area contributed by atoms with Gasteiger partial charge in [0.2, 0.25) is 11.9 Å². The number of rotatable bonds is 6. The van der Waals surface area contributed by atoms with Crippen molar-refractivity contribution in [2.75, 3.05) is 29.9 Å². The number of nitrogens with one attached hydrogen (secondary N) is 1. The summed E-state index contributed by atoms with van der Waals surface area (Å²) in [5.41, 5.74) is 0. The molecule has 1 aromatic heterocycles. The lowest BCUT2D eigenvalue weighted by Gasteiger charge is -2.36. The summed E-state index contributed by atoms with van der Waals surface area (Å²) < 4.78 is 5.61. The summed E-state index contributed by atoms with van der Waals surface area (Å²) in [5.74, 6) is 1.99. The van der Waals surface area contributed by atoms with Gasteiger partial charge in [0.1, 0.15) is 0 Å². The highest BCUT2D eigenvalue weighted by atomic mass is 16.5. The van der Waals surface area contributed by atoms with Crippen LogP contribution in [0.4, 0.5) is 11.9 Å². The second-order valence-corrected chi connectivity index (χ2v) is 5.80. The van der Waals surface area contributed by atoms with E-state index in [0.717, 1.165) is 25.5 Å². The smallest absolute Gasteiger partial charge is 0.323 e. The Morgan fingerprint density at radius 1 is 1.19 bits per heavy atom. The number of aromatic nitrogens is 3. The molecule has 0 aromatic carbocycles. The molecule has 1 aliphatic rings. The lowest BCUT2D eigenvalue weighted by molar-refractivity contribution is 0.290. The van der Waals surface area contributed by atoms with Crippen LogP contribution >= 0.6 is 0 Å². The summed E-state index contributed by atoms with van der Waals surface area (Å²) in [6.45, 7) is 11.0. The molecule has 0 spiro atoms. The molecule has 0 radical (unpaired) electrons. The quantitative estimate of drug-likeness (QED) is 0.870. The average molecular weight is 293 g/mol. The van der Waals surface area contributed by atoms with Crippen LogP contribution in [0.25, 0.3) is 0 Å². The van der Waals surface area contributed by atoms with E-state index in [9.17, 15) is 0 Å². The third kappa shape index (κ3) is 4.19. The molecule has 0 saturated carbocycles. The fraction of sp³-hybridized carbons (Fsp3) is 0.800. The van der Waals surface area contributed by atoms with E-state index in [-0.39, 0.29) is 0 Å². The van der Waals surface area contributed by atoms with Crippen molar-refractivity contribution in [3.8, 4) is 6.01 Å². The third-order valence-corrected chi connectivity index (χ3v) is 3.75. The molecule has 0 aliphatic carbocycles. The van der Waals surface area contributed by atoms with Gasteiger partial charge in [0.25, 0.3) is 0 Å². The van der Waals surface area contributed by atoms with Gasteiger partial charge in [-0.05, 0) is 39.0 Å².